The largest absolute Gasteiger partial charge is 0.370 e. The van der Waals surface area contributed by atoms with Gasteiger partial charge in [-0.2, -0.15) is 0 Å². The molecule has 1 N–H and O–H groups in total. The van der Waals surface area contributed by atoms with Gasteiger partial charge in [-0.3, -0.25) is 0 Å². The predicted molar refractivity (Wildman–Crippen MR) is 123 cm³/mol. The maximum Gasteiger partial charge on any atom is 0.0740 e. The average Bonchev–Trinajstić information content (AvgIpc) is 3.22. The zero-order valence-electron chi connectivity index (χ0n) is 20.0. The second-order valence-corrected chi connectivity index (χ2v) is 13.2. The molecule has 0 aromatic carbocycles. The second kappa shape index (κ2) is 7.08. The summed E-state index contributed by atoms with van der Waals surface area (Å²) in [6.45, 7) is 11.3. The lowest BCUT2D eigenvalue weighted by atomic mass is 9.51. The molecular weight excluding hydrogens is 366 g/mol. The first-order chi connectivity index (χ1) is 14.4. The minimum Gasteiger partial charge on any atom is -0.370 e. The quantitative estimate of drug-likeness (QED) is 0.459. The van der Waals surface area contributed by atoms with Gasteiger partial charge in [-0.15, -0.1) is 0 Å². The van der Waals surface area contributed by atoms with E-state index in [0.29, 0.717) is 17.6 Å². The van der Waals surface area contributed by atoms with Crippen molar-refractivity contribution in [3.8, 4) is 0 Å². The first-order valence-electron chi connectivity index (χ1n) is 13.5. The summed E-state index contributed by atoms with van der Waals surface area (Å²) in [5, 5.41) is 3.83. The van der Waals surface area contributed by atoms with Crippen LogP contribution in [0.25, 0.3) is 0 Å². The van der Waals surface area contributed by atoms with Crippen LogP contribution >= 0.6 is 0 Å². The maximum atomic E-state index is 6.94. The van der Waals surface area contributed by atoms with Gasteiger partial charge in [-0.05, 0) is 119 Å². The van der Waals surface area contributed by atoms with E-state index in [2.05, 4.69) is 33.0 Å². The van der Waals surface area contributed by atoms with Crippen LogP contribution in [0.1, 0.15) is 98.3 Å². The molecule has 2 saturated heterocycles. The molecular formula is C28H45NO. The van der Waals surface area contributed by atoms with E-state index in [1.54, 1.807) is 5.57 Å². The zero-order valence-corrected chi connectivity index (χ0v) is 20.0. The third-order valence-electron chi connectivity index (χ3n) is 11.3. The fourth-order valence-electron chi connectivity index (χ4n) is 9.66. The molecule has 4 aliphatic carbocycles. The lowest BCUT2D eigenvalue weighted by Gasteiger charge is -2.54. The second-order valence-electron chi connectivity index (χ2n) is 13.2. The molecule has 0 radical (unpaired) electrons. The zero-order chi connectivity index (χ0) is 20.7. The van der Waals surface area contributed by atoms with Gasteiger partial charge in [-0.25, -0.2) is 0 Å². The molecule has 6 aliphatic rings. The summed E-state index contributed by atoms with van der Waals surface area (Å²) >= 11 is 0. The Morgan fingerprint density at radius 1 is 1.00 bits per heavy atom. The van der Waals surface area contributed by atoms with Gasteiger partial charge in [0.2, 0.25) is 0 Å². The molecule has 3 saturated carbocycles. The van der Waals surface area contributed by atoms with Crippen molar-refractivity contribution in [1.82, 2.24) is 5.32 Å². The molecule has 0 aromatic heterocycles. The van der Waals surface area contributed by atoms with Crippen molar-refractivity contribution in [3.63, 3.8) is 0 Å². The van der Waals surface area contributed by atoms with E-state index in [0.717, 1.165) is 35.5 Å². The van der Waals surface area contributed by atoms with E-state index >= 15 is 0 Å². The van der Waals surface area contributed by atoms with E-state index in [1.807, 2.05) is 5.57 Å². The number of piperidine rings is 1. The normalized spacial score (nSPS) is 55.6. The highest BCUT2D eigenvalue weighted by Gasteiger charge is 2.57. The molecule has 5 fully saturated rings. The van der Waals surface area contributed by atoms with Crippen molar-refractivity contribution in [1.29, 1.82) is 0 Å². The maximum absolute atomic E-state index is 6.94. The van der Waals surface area contributed by atoms with Gasteiger partial charge in [-0.1, -0.05) is 38.3 Å². The molecule has 168 valence electrons. The van der Waals surface area contributed by atoms with Gasteiger partial charge in [0.05, 0.1) is 11.7 Å². The minimum atomic E-state index is 0.144. The van der Waals surface area contributed by atoms with Gasteiger partial charge in [0.25, 0.3) is 0 Å². The Balaban J connectivity index is 1.25. The molecule has 0 bridgehead atoms. The molecule has 10 atom stereocenters. The first kappa shape index (κ1) is 20.3. The summed E-state index contributed by atoms with van der Waals surface area (Å²) < 4.78 is 6.94. The topological polar surface area (TPSA) is 21.3 Å². The number of hydrogen-bond donors (Lipinski definition) is 1. The van der Waals surface area contributed by atoms with Crippen molar-refractivity contribution in [2.75, 3.05) is 6.54 Å². The van der Waals surface area contributed by atoms with Gasteiger partial charge >= 0.3 is 0 Å². The number of ether oxygens (including phenoxy) is 1. The Kier molecular flexibility index (Phi) is 4.78. The molecule has 0 amide bonds. The predicted octanol–water partition coefficient (Wildman–Crippen LogP) is 6.50. The van der Waals surface area contributed by atoms with E-state index in [-0.39, 0.29) is 5.60 Å². The third kappa shape index (κ3) is 3.02. The molecule has 2 nitrogen and oxygen atoms in total. The third-order valence-corrected chi connectivity index (χ3v) is 11.3. The van der Waals surface area contributed by atoms with Crippen LogP contribution in [0.3, 0.4) is 0 Å². The van der Waals surface area contributed by atoms with Crippen LogP contribution in [0, 0.1) is 40.9 Å². The number of nitrogens with one attached hydrogen (secondary N) is 1. The van der Waals surface area contributed by atoms with Crippen molar-refractivity contribution >= 4 is 0 Å². The molecule has 2 heteroatoms. The van der Waals surface area contributed by atoms with Crippen LogP contribution in [-0.2, 0) is 4.74 Å². The number of hydrogen-bond acceptors (Lipinski definition) is 2. The van der Waals surface area contributed by atoms with E-state index in [9.17, 15) is 0 Å². The Morgan fingerprint density at radius 3 is 2.73 bits per heavy atom. The lowest BCUT2D eigenvalue weighted by molar-refractivity contribution is -0.0657. The molecule has 2 aliphatic heterocycles. The standard InChI is InChI=1S/C28H45NO/c1-17-7-9-27(4)20(11-17)5-6-22-21-8-10-28(14-19(3)23(21)13-24(22)27)15-25-26(30-28)12-18(2)16-29-25/h17-18,20-22,24-26,29H,5-16H2,1-4H3. The van der Waals surface area contributed by atoms with Crippen molar-refractivity contribution in [2.24, 2.45) is 40.9 Å². The highest BCUT2D eigenvalue weighted by Crippen LogP contribution is 2.65. The van der Waals surface area contributed by atoms with Crippen LogP contribution < -0.4 is 5.32 Å². The van der Waals surface area contributed by atoms with Crippen LogP contribution in [0.4, 0.5) is 0 Å². The molecule has 1 spiro atoms. The summed E-state index contributed by atoms with van der Waals surface area (Å²) in [7, 11) is 0. The Labute approximate surface area is 185 Å². The molecule has 30 heavy (non-hydrogen) atoms. The van der Waals surface area contributed by atoms with Gasteiger partial charge in [0.1, 0.15) is 0 Å². The Bertz CT molecular complexity index is 728. The summed E-state index contributed by atoms with van der Waals surface area (Å²) in [5.41, 5.74) is 4.42. The fraction of sp³-hybridized carbons (Fsp3) is 0.929. The van der Waals surface area contributed by atoms with Crippen molar-refractivity contribution < 1.29 is 4.74 Å². The van der Waals surface area contributed by atoms with Crippen LogP contribution in [-0.4, -0.2) is 24.3 Å². The SMILES string of the molecule is CC1=C2CC3C(CCC4CC(C)CCC43C)C2CCC2(C1)CC1NCC(C)CC1O2. The van der Waals surface area contributed by atoms with Crippen LogP contribution in [0.5, 0.6) is 0 Å². The summed E-state index contributed by atoms with van der Waals surface area (Å²) in [6, 6.07) is 0.614. The Hall–Kier alpha value is -0.340. The molecule has 10 unspecified atom stereocenters. The minimum absolute atomic E-state index is 0.144. The molecule has 2 heterocycles. The van der Waals surface area contributed by atoms with E-state index in [4.69, 9.17) is 4.74 Å². The molecule has 6 rings (SSSR count). The van der Waals surface area contributed by atoms with Gasteiger partial charge < -0.3 is 10.1 Å². The lowest BCUT2D eigenvalue weighted by Crippen LogP contribution is -2.45. The summed E-state index contributed by atoms with van der Waals surface area (Å²) in [4.78, 5) is 0. The van der Waals surface area contributed by atoms with E-state index < -0.39 is 0 Å². The van der Waals surface area contributed by atoms with Crippen molar-refractivity contribution in [3.05, 3.63) is 11.1 Å². The monoisotopic (exact) mass is 411 g/mol. The highest BCUT2D eigenvalue weighted by molar-refractivity contribution is 5.28. The summed E-state index contributed by atoms with van der Waals surface area (Å²) in [5.74, 6) is 5.56. The van der Waals surface area contributed by atoms with Crippen LogP contribution in [0.2, 0.25) is 0 Å². The Morgan fingerprint density at radius 2 is 1.87 bits per heavy atom. The number of rotatable bonds is 0. The first-order valence-corrected chi connectivity index (χ1v) is 13.5. The highest BCUT2D eigenvalue weighted by atomic mass is 16.5. The van der Waals surface area contributed by atoms with Gasteiger partial charge in [0.15, 0.2) is 0 Å². The number of allylic oxidation sites excluding steroid dienone is 1. The average molecular weight is 412 g/mol. The summed E-state index contributed by atoms with van der Waals surface area (Å²) in [6.07, 6.45) is 15.9. The van der Waals surface area contributed by atoms with Crippen molar-refractivity contribution in [2.45, 2.75) is 116 Å². The molecule has 0 aromatic rings. The number of fused-ring (bicyclic) bond motifs is 6. The van der Waals surface area contributed by atoms with Crippen LogP contribution in [0.15, 0.2) is 11.1 Å². The fourth-order valence-corrected chi connectivity index (χ4v) is 9.66. The van der Waals surface area contributed by atoms with Gasteiger partial charge in [0, 0.05) is 6.04 Å². The van der Waals surface area contributed by atoms with E-state index in [1.165, 1.54) is 77.2 Å². The smallest absolute Gasteiger partial charge is 0.0740 e.